The van der Waals surface area contributed by atoms with Crippen LogP contribution in [-0.2, 0) is 15.8 Å². The van der Waals surface area contributed by atoms with Gasteiger partial charge in [-0.2, -0.15) is 0 Å². The zero-order valence-electron chi connectivity index (χ0n) is 11.5. The fourth-order valence-electron chi connectivity index (χ4n) is 3.20. The van der Waals surface area contributed by atoms with Gasteiger partial charge in [-0.05, 0) is 49.5 Å². The maximum Gasteiger partial charge on any atom is 0.216 e. The van der Waals surface area contributed by atoms with Crippen LogP contribution in [0, 0.1) is 5.92 Å². The first-order chi connectivity index (χ1) is 9.52. The molecule has 3 fully saturated rings. The summed E-state index contributed by atoms with van der Waals surface area (Å²) >= 11 is 0. The van der Waals surface area contributed by atoms with E-state index in [1.54, 1.807) is 24.3 Å². The lowest BCUT2D eigenvalue weighted by Crippen LogP contribution is -2.57. The molecule has 1 aromatic carbocycles. The molecule has 3 aliphatic rings. The summed E-state index contributed by atoms with van der Waals surface area (Å²) in [4.78, 5) is 2.34. The lowest BCUT2D eigenvalue weighted by molar-refractivity contribution is 0.0827. The molecule has 0 aromatic heterocycles. The third kappa shape index (κ3) is 3.13. The molecule has 1 unspecified atom stereocenters. The van der Waals surface area contributed by atoms with Gasteiger partial charge in [-0.3, -0.25) is 0 Å². The van der Waals surface area contributed by atoms with Gasteiger partial charge in [0.05, 0.1) is 5.75 Å². The standard InChI is InChI=1S/C14H21N3O2S/c15-13-3-1-11(2-4-13)10-20(18,19)16-14-9-17-7-5-12(14)6-8-17/h1-4,12,14,16H,5-10,15H2. The van der Waals surface area contributed by atoms with Gasteiger partial charge in [0, 0.05) is 18.3 Å². The maximum atomic E-state index is 12.3. The van der Waals surface area contributed by atoms with Crippen molar-refractivity contribution in [1.82, 2.24) is 9.62 Å². The number of piperidine rings is 3. The SMILES string of the molecule is Nc1ccc(CS(=O)(=O)NC2CN3CCC2CC3)cc1. The Morgan fingerprint density at radius 2 is 1.85 bits per heavy atom. The lowest BCUT2D eigenvalue weighted by Gasteiger charge is -2.44. The monoisotopic (exact) mass is 295 g/mol. The summed E-state index contributed by atoms with van der Waals surface area (Å²) in [6.07, 6.45) is 2.21. The van der Waals surface area contributed by atoms with Crippen molar-refractivity contribution < 1.29 is 8.42 Å². The predicted octanol–water partition coefficient (Wildman–Crippen LogP) is 0.782. The third-order valence-corrected chi connectivity index (χ3v) is 5.70. The number of benzene rings is 1. The van der Waals surface area contributed by atoms with E-state index in [1.165, 1.54) is 0 Å². The van der Waals surface area contributed by atoms with Crippen LogP contribution in [0.1, 0.15) is 18.4 Å². The maximum absolute atomic E-state index is 12.3. The molecule has 0 spiro atoms. The first-order valence-corrected chi connectivity index (χ1v) is 8.74. The summed E-state index contributed by atoms with van der Waals surface area (Å²) in [5.41, 5.74) is 7.03. The average molecular weight is 295 g/mol. The zero-order chi connectivity index (χ0) is 14.2. The molecule has 2 bridgehead atoms. The van der Waals surface area contributed by atoms with Gasteiger partial charge in [-0.15, -0.1) is 0 Å². The van der Waals surface area contributed by atoms with Crippen molar-refractivity contribution in [2.75, 3.05) is 25.4 Å². The number of nitrogens with two attached hydrogens (primary N) is 1. The average Bonchev–Trinajstić information content (AvgIpc) is 2.42. The Hall–Kier alpha value is -1.11. The minimum atomic E-state index is -3.29. The molecule has 5 nitrogen and oxygen atoms in total. The van der Waals surface area contributed by atoms with Gasteiger partial charge in [-0.25, -0.2) is 13.1 Å². The Kier molecular flexibility index (Phi) is 3.70. The normalized spacial score (nSPS) is 29.5. The first kappa shape index (κ1) is 13.9. The summed E-state index contributed by atoms with van der Waals surface area (Å²) in [7, 11) is -3.29. The molecule has 0 amide bonds. The van der Waals surface area contributed by atoms with Crippen LogP contribution in [0.2, 0.25) is 0 Å². The number of hydrogen-bond donors (Lipinski definition) is 2. The molecule has 20 heavy (non-hydrogen) atoms. The Bertz CT molecular complexity index is 563. The van der Waals surface area contributed by atoms with Crippen molar-refractivity contribution in [3.8, 4) is 0 Å². The number of hydrogen-bond acceptors (Lipinski definition) is 4. The lowest BCUT2D eigenvalue weighted by atomic mass is 9.85. The van der Waals surface area contributed by atoms with E-state index in [4.69, 9.17) is 5.73 Å². The number of nitrogen functional groups attached to an aromatic ring is 1. The minimum Gasteiger partial charge on any atom is -0.399 e. The summed E-state index contributed by atoms with van der Waals surface area (Å²) in [5, 5.41) is 0. The zero-order valence-corrected chi connectivity index (χ0v) is 12.3. The molecule has 110 valence electrons. The molecule has 4 rings (SSSR count). The van der Waals surface area contributed by atoms with Crippen LogP contribution in [0.15, 0.2) is 24.3 Å². The highest BCUT2D eigenvalue weighted by Gasteiger charge is 2.36. The molecule has 3 N–H and O–H groups in total. The number of fused-ring (bicyclic) bond motifs is 3. The second kappa shape index (κ2) is 5.35. The van der Waals surface area contributed by atoms with Crippen LogP contribution in [0.3, 0.4) is 0 Å². The number of rotatable bonds is 4. The van der Waals surface area contributed by atoms with Gasteiger partial charge in [0.15, 0.2) is 0 Å². The molecule has 3 heterocycles. The van der Waals surface area contributed by atoms with Crippen molar-refractivity contribution in [3.05, 3.63) is 29.8 Å². The van der Waals surface area contributed by atoms with Crippen molar-refractivity contribution in [2.24, 2.45) is 5.92 Å². The smallest absolute Gasteiger partial charge is 0.216 e. The van der Waals surface area contributed by atoms with E-state index in [9.17, 15) is 8.42 Å². The number of sulfonamides is 1. The molecule has 1 atom stereocenters. The minimum absolute atomic E-state index is 0.0243. The number of nitrogens with zero attached hydrogens (tertiary/aromatic N) is 1. The first-order valence-electron chi connectivity index (χ1n) is 7.09. The van der Waals surface area contributed by atoms with Gasteiger partial charge >= 0.3 is 0 Å². The highest BCUT2D eigenvalue weighted by Crippen LogP contribution is 2.28. The second-order valence-electron chi connectivity index (χ2n) is 5.86. The van der Waals surface area contributed by atoms with Gasteiger partial charge < -0.3 is 10.6 Å². The van der Waals surface area contributed by atoms with Crippen LogP contribution < -0.4 is 10.5 Å². The third-order valence-electron chi connectivity index (χ3n) is 4.32. The molecule has 0 saturated carbocycles. The van der Waals surface area contributed by atoms with Crippen LogP contribution in [0.5, 0.6) is 0 Å². The van der Waals surface area contributed by atoms with E-state index in [-0.39, 0.29) is 11.8 Å². The molecule has 0 radical (unpaired) electrons. The predicted molar refractivity (Wildman–Crippen MR) is 79.6 cm³/mol. The van der Waals surface area contributed by atoms with Crippen molar-refractivity contribution in [2.45, 2.75) is 24.6 Å². The Morgan fingerprint density at radius 3 is 2.40 bits per heavy atom. The van der Waals surface area contributed by atoms with Gasteiger partial charge in [-0.1, -0.05) is 12.1 Å². The Labute approximate surface area is 120 Å². The van der Waals surface area contributed by atoms with Gasteiger partial charge in [0.2, 0.25) is 10.0 Å². The van der Waals surface area contributed by atoms with Gasteiger partial charge in [0.1, 0.15) is 0 Å². The largest absolute Gasteiger partial charge is 0.399 e. The molecule has 3 aliphatic heterocycles. The molecule has 6 heteroatoms. The summed E-state index contributed by atoms with van der Waals surface area (Å²) in [6.45, 7) is 3.08. The highest BCUT2D eigenvalue weighted by atomic mass is 32.2. The molecule has 3 saturated heterocycles. The fraction of sp³-hybridized carbons (Fsp3) is 0.571. The van der Waals surface area contributed by atoms with Crippen molar-refractivity contribution in [1.29, 1.82) is 0 Å². The van der Waals surface area contributed by atoms with Crippen molar-refractivity contribution in [3.63, 3.8) is 0 Å². The second-order valence-corrected chi connectivity index (χ2v) is 7.62. The topological polar surface area (TPSA) is 75.4 Å². The highest BCUT2D eigenvalue weighted by molar-refractivity contribution is 7.88. The van der Waals surface area contributed by atoms with E-state index in [2.05, 4.69) is 9.62 Å². The summed E-state index contributed by atoms with van der Waals surface area (Å²) in [6, 6.07) is 7.09. The van der Waals surface area contributed by atoms with E-state index in [1.807, 2.05) is 0 Å². The van der Waals surface area contributed by atoms with Crippen molar-refractivity contribution >= 4 is 15.7 Å². The van der Waals surface area contributed by atoms with Crippen LogP contribution >= 0.6 is 0 Å². The van der Waals surface area contributed by atoms with Crippen LogP contribution in [-0.4, -0.2) is 39.0 Å². The van der Waals surface area contributed by atoms with E-state index in [0.717, 1.165) is 38.0 Å². The Balaban J connectivity index is 1.65. The molecular weight excluding hydrogens is 274 g/mol. The number of anilines is 1. The molecule has 1 aromatic rings. The molecule has 0 aliphatic carbocycles. The van der Waals surface area contributed by atoms with E-state index in [0.29, 0.717) is 11.6 Å². The van der Waals surface area contributed by atoms with Crippen LogP contribution in [0.4, 0.5) is 5.69 Å². The van der Waals surface area contributed by atoms with Crippen LogP contribution in [0.25, 0.3) is 0 Å². The quantitative estimate of drug-likeness (QED) is 0.805. The Morgan fingerprint density at radius 1 is 1.20 bits per heavy atom. The van der Waals surface area contributed by atoms with E-state index < -0.39 is 10.0 Å². The van der Waals surface area contributed by atoms with Gasteiger partial charge in [0.25, 0.3) is 0 Å². The summed E-state index contributed by atoms with van der Waals surface area (Å²) < 4.78 is 27.4. The summed E-state index contributed by atoms with van der Waals surface area (Å²) in [5.74, 6) is 0.525. The fourth-order valence-corrected chi connectivity index (χ4v) is 4.65. The van der Waals surface area contributed by atoms with E-state index >= 15 is 0 Å². The number of nitrogens with one attached hydrogen (secondary N) is 1. The molecular formula is C14H21N3O2S.